The molecule has 0 heterocycles. The van der Waals surface area contributed by atoms with E-state index in [1.54, 1.807) is 6.07 Å². The van der Waals surface area contributed by atoms with Gasteiger partial charge in [0.2, 0.25) is 0 Å². The van der Waals surface area contributed by atoms with Gasteiger partial charge in [0.1, 0.15) is 10.1 Å². The number of hydrogen-bond acceptors (Lipinski definition) is 4. The summed E-state index contributed by atoms with van der Waals surface area (Å²) in [5.74, 6) is 0. The van der Waals surface area contributed by atoms with Crippen LogP contribution in [0.3, 0.4) is 0 Å². The minimum Gasteiger partial charge on any atom is -0.744 e. The molecule has 0 saturated heterocycles. The van der Waals surface area contributed by atoms with E-state index in [-0.39, 0.29) is 40.1 Å². The molecule has 0 fully saturated rings. The van der Waals surface area contributed by atoms with Crippen molar-refractivity contribution < 1.29 is 42.5 Å². The third-order valence-electron chi connectivity index (χ3n) is 1.49. The van der Waals surface area contributed by atoms with E-state index in [1.165, 1.54) is 19.1 Å². The van der Waals surface area contributed by atoms with Gasteiger partial charge in [-0.25, -0.2) is 8.42 Å². The van der Waals surface area contributed by atoms with Crippen molar-refractivity contribution >= 4 is 15.8 Å². The maximum absolute atomic E-state index is 10.6. The van der Waals surface area contributed by atoms with Crippen molar-refractivity contribution in [2.75, 3.05) is 5.73 Å². The Labute approximate surface area is 99.2 Å². The summed E-state index contributed by atoms with van der Waals surface area (Å²) in [6.45, 7) is 1.53. The van der Waals surface area contributed by atoms with Gasteiger partial charge >= 0.3 is 29.6 Å². The van der Waals surface area contributed by atoms with Gasteiger partial charge in [0, 0.05) is 5.69 Å². The largest absolute Gasteiger partial charge is 1.00 e. The van der Waals surface area contributed by atoms with Gasteiger partial charge in [0.15, 0.2) is 0 Å². The smallest absolute Gasteiger partial charge is 0.744 e. The van der Waals surface area contributed by atoms with Gasteiger partial charge in [-0.2, -0.15) is 0 Å². The molecule has 0 aromatic heterocycles. The van der Waals surface area contributed by atoms with Crippen molar-refractivity contribution in [2.45, 2.75) is 11.8 Å². The maximum Gasteiger partial charge on any atom is 1.00 e. The van der Waals surface area contributed by atoms with E-state index in [0.717, 1.165) is 0 Å². The van der Waals surface area contributed by atoms with Crippen LogP contribution in [0.5, 0.6) is 0 Å². The van der Waals surface area contributed by atoms with Crippen LogP contribution in [0.1, 0.15) is 5.56 Å². The van der Waals surface area contributed by atoms with E-state index in [9.17, 15) is 13.0 Å². The van der Waals surface area contributed by atoms with Gasteiger partial charge in [-0.3, -0.25) is 0 Å². The Morgan fingerprint density at radius 2 is 1.92 bits per heavy atom. The van der Waals surface area contributed by atoms with Gasteiger partial charge in [0.05, 0.1) is 4.90 Å². The molecule has 0 atom stereocenters. The summed E-state index contributed by atoms with van der Waals surface area (Å²) in [7, 11) is -4.44. The average molecular weight is 209 g/mol. The summed E-state index contributed by atoms with van der Waals surface area (Å²) >= 11 is 0. The number of nitrogen functional groups attached to an aromatic ring is 1. The summed E-state index contributed by atoms with van der Waals surface area (Å²) in [5.41, 5.74) is 5.71. The van der Waals surface area contributed by atoms with Gasteiger partial charge in [-0.1, -0.05) is 12.1 Å². The molecule has 0 spiro atoms. The fourth-order valence-corrected chi connectivity index (χ4v) is 1.84. The number of nitrogens with two attached hydrogens (primary N) is 1. The van der Waals surface area contributed by atoms with Crippen LogP contribution in [0.15, 0.2) is 23.1 Å². The summed E-state index contributed by atoms with van der Waals surface area (Å²) in [4.78, 5) is -0.315. The van der Waals surface area contributed by atoms with E-state index in [4.69, 9.17) is 5.73 Å². The minimum absolute atomic E-state index is 0. The zero-order valence-corrected chi connectivity index (χ0v) is 10.3. The van der Waals surface area contributed by atoms with Gasteiger partial charge in [-0.15, -0.1) is 0 Å². The first-order valence-electron chi connectivity index (χ1n) is 3.24. The molecule has 1 aromatic rings. The number of anilines is 1. The normalized spacial score (nSPS) is 10.6. The molecule has 6 heteroatoms. The molecule has 1 aromatic carbocycles. The van der Waals surface area contributed by atoms with Crippen molar-refractivity contribution in [3.8, 4) is 0 Å². The van der Waals surface area contributed by atoms with Gasteiger partial charge in [0.25, 0.3) is 0 Å². The average Bonchev–Trinajstić information content (AvgIpc) is 1.82. The molecule has 0 aliphatic rings. The Hall–Kier alpha value is -0.0700. The minimum atomic E-state index is -4.44. The van der Waals surface area contributed by atoms with Crippen LogP contribution in [0.4, 0.5) is 5.69 Å². The van der Waals surface area contributed by atoms with Crippen LogP contribution in [0, 0.1) is 6.92 Å². The van der Waals surface area contributed by atoms with Crippen molar-refractivity contribution in [1.29, 1.82) is 0 Å². The molecule has 4 nitrogen and oxygen atoms in total. The first kappa shape index (κ1) is 12.9. The van der Waals surface area contributed by atoms with Crippen molar-refractivity contribution in [3.05, 3.63) is 23.8 Å². The Kier molecular flexibility index (Phi) is 4.41. The number of rotatable bonds is 1. The molecule has 0 amide bonds. The SMILES string of the molecule is Cc1cccc(N)c1S(=O)(=O)[O-].[Na+]. The first-order chi connectivity index (χ1) is 5.43. The predicted octanol–water partition coefficient (Wildman–Crippen LogP) is -2.51. The molecule has 13 heavy (non-hydrogen) atoms. The first-order valence-corrected chi connectivity index (χ1v) is 4.65. The molecule has 2 N–H and O–H groups in total. The molecular weight excluding hydrogens is 201 g/mol. The zero-order chi connectivity index (χ0) is 9.35. The fourth-order valence-electron chi connectivity index (χ4n) is 1.02. The van der Waals surface area contributed by atoms with Crippen LogP contribution in [-0.2, 0) is 10.1 Å². The summed E-state index contributed by atoms with van der Waals surface area (Å²) in [6.07, 6.45) is 0. The summed E-state index contributed by atoms with van der Waals surface area (Å²) < 4.78 is 31.9. The number of aryl methyl sites for hydroxylation is 1. The molecule has 0 unspecified atom stereocenters. The Morgan fingerprint density at radius 1 is 1.38 bits per heavy atom. The van der Waals surface area contributed by atoms with Gasteiger partial charge < -0.3 is 10.3 Å². The molecule has 0 bridgehead atoms. The second-order valence-corrected chi connectivity index (χ2v) is 3.76. The predicted molar refractivity (Wildman–Crippen MR) is 43.6 cm³/mol. The Balaban J connectivity index is 0.00000144. The molecule has 0 aliphatic heterocycles. The van der Waals surface area contributed by atoms with Crippen molar-refractivity contribution in [1.82, 2.24) is 0 Å². The van der Waals surface area contributed by atoms with E-state index in [2.05, 4.69) is 0 Å². The van der Waals surface area contributed by atoms with Crippen LogP contribution in [-0.4, -0.2) is 13.0 Å². The molecule has 66 valence electrons. The topological polar surface area (TPSA) is 83.2 Å². The second kappa shape index (κ2) is 4.43. The number of benzene rings is 1. The third kappa shape index (κ3) is 2.96. The third-order valence-corrected chi connectivity index (χ3v) is 2.55. The zero-order valence-electron chi connectivity index (χ0n) is 7.44. The maximum atomic E-state index is 10.6. The molecule has 1 rings (SSSR count). The van der Waals surface area contributed by atoms with Crippen LogP contribution in [0.25, 0.3) is 0 Å². The second-order valence-electron chi connectivity index (χ2n) is 2.45. The molecule has 0 aliphatic carbocycles. The molecule has 0 saturated carbocycles. The van der Waals surface area contributed by atoms with Crippen LogP contribution in [0.2, 0.25) is 0 Å². The Bertz CT molecular complexity index is 382. The quantitative estimate of drug-likeness (QED) is 0.314. The summed E-state index contributed by atoms with van der Waals surface area (Å²) in [5, 5.41) is 0. The van der Waals surface area contributed by atoms with Crippen molar-refractivity contribution in [3.63, 3.8) is 0 Å². The molecule has 0 radical (unpaired) electrons. The van der Waals surface area contributed by atoms with E-state index < -0.39 is 10.1 Å². The fraction of sp³-hybridized carbons (Fsp3) is 0.143. The molecular formula is C7H8NNaO3S. The van der Waals surface area contributed by atoms with Crippen molar-refractivity contribution in [2.24, 2.45) is 0 Å². The standard InChI is InChI=1S/C7H9NO3S.Na/c1-5-3-2-4-6(8)7(5)12(9,10)11;/h2-4H,8H2,1H3,(H,9,10,11);/q;+1/p-1. The number of hydrogen-bond donors (Lipinski definition) is 1. The monoisotopic (exact) mass is 209 g/mol. The Morgan fingerprint density at radius 3 is 2.23 bits per heavy atom. The van der Waals surface area contributed by atoms with E-state index >= 15 is 0 Å². The van der Waals surface area contributed by atoms with E-state index in [1.807, 2.05) is 0 Å². The van der Waals surface area contributed by atoms with Crippen LogP contribution < -0.4 is 35.3 Å². The summed E-state index contributed by atoms with van der Waals surface area (Å²) in [6, 6.07) is 4.51. The van der Waals surface area contributed by atoms with E-state index in [0.29, 0.717) is 5.56 Å². The van der Waals surface area contributed by atoms with Crippen LogP contribution >= 0.6 is 0 Å². The van der Waals surface area contributed by atoms with Gasteiger partial charge in [-0.05, 0) is 18.6 Å².